The van der Waals surface area contributed by atoms with Gasteiger partial charge in [-0.25, -0.2) is 0 Å². The molecule has 2 atom stereocenters. The van der Waals surface area contributed by atoms with Crippen molar-refractivity contribution in [1.29, 1.82) is 0 Å². The molecule has 0 saturated heterocycles. The fraction of sp³-hybridized carbons (Fsp3) is 0.333. The first-order chi connectivity index (χ1) is 10.3. The molecule has 1 aliphatic rings. The van der Waals surface area contributed by atoms with Gasteiger partial charge in [-0.3, -0.25) is 0 Å². The van der Waals surface area contributed by atoms with E-state index in [4.69, 9.17) is 16.3 Å². The zero-order chi connectivity index (χ0) is 14.7. The van der Waals surface area contributed by atoms with Gasteiger partial charge >= 0.3 is 0 Å². The summed E-state index contributed by atoms with van der Waals surface area (Å²) in [6.07, 6.45) is 2.09. The minimum atomic E-state index is 0.156. The van der Waals surface area contributed by atoms with Crippen LogP contribution in [0.15, 0.2) is 48.5 Å². The summed E-state index contributed by atoms with van der Waals surface area (Å²) in [6, 6.07) is 16.9. The first-order valence-corrected chi connectivity index (χ1v) is 7.78. The monoisotopic (exact) mass is 301 g/mol. The highest BCUT2D eigenvalue weighted by molar-refractivity contribution is 6.30. The standard InChI is InChI=1S/C18H20ClNO/c1-20-17(14-6-8-15(19)9-7-14)12-18-16-5-3-2-4-13(16)10-11-21-18/h2-9,17-18,20H,10-12H2,1H3. The summed E-state index contributed by atoms with van der Waals surface area (Å²) in [5.74, 6) is 0. The number of ether oxygens (including phenoxy) is 1. The Kier molecular flexibility index (Phi) is 4.59. The van der Waals surface area contributed by atoms with Crippen molar-refractivity contribution in [3.8, 4) is 0 Å². The third kappa shape index (κ3) is 3.29. The predicted octanol–water partition coefficient (Wildman–Crippen LogP) is 4.30. The number of fused-ring (bicyclic) bond motifs is 1. The third-order valence-corrected chi connectivity index (χ3v) is 4.42. The average Bonchev–Trinajstić information content (AvgIpc) is 2.54. The maximum Gasteiger partial charge on any atom is 0.0845 e. The van der Waals surface area contributed by atoms with Crippen molar-refractivity contribution in [2.45, 2.75) is 25.0 Å². The van der Waals surface area contributed by atoms with E-state index in [1.54, 1.807) is 0 Å². The van der Waals surface area contributed by atoms with Crippen molar-refractivity contribution in [1.82, 2.24) is 5.32 Å². The van der Waals surface area contributed by atoms with Crippen molar-refractivity contribution in [2.24, 2.45) is 0 Å². The average molecular weight is 302 g/mol. The van der Waals surface area contributed by atoms with Gasteiger partial charge in [-0.15, -0.1) is 0 Å². The van der Waals surface area contributed by atoms with E-state index in [1.807, 2.05) is 19.2 Å². The van der Waals surface area contributed by atoms with E-state index in [1.165, 1.54) is 16.7 Å². The molecule has 2 nitrogen and oxygen atoms in total. The molecular formula is C18H20ClNO. The van der Waals surface area contributed by atoms with Crippen molar-refractivity contribution in [3.05, 3.63) is 70.2 Å². The minimum absolute atomic E-state index is 0.156. The predicted molar refractivity (Wildman–Crippen MR) is 86.7 cm³/mol. The second-order valence-corrected chi connectivity index (χ2v) is 5.87. The van der Waals surface area contributed by atoms with Gasteiger partial charge in [0, 0.05) is 11.1 Å². The lowest BCUT2D eigenvalue weighted by molar-refractivity contribution is 0.0298. The van der Waals surface area contributed by atoms with Crippen LogP contribution in [0.1, 0.15) is 35.3 Å². The van der Waals surface area contributed by atoms with Crippen LogP contribution in [0.4, 0.5) is 0 Å². The molecule has 21 heavy (non-hydrogen) atoms. The number of hydrogen-bond donors (Lipinski definition) is 1. The maximum absolute atomic E-state index is 6.02. The van der Waals surface area contributed by atoms with E-state index in [-0.39, 0.29) is 12.1 Å². The van der Waals surface area contributed by atoms with Crippen molar-refractivity contribution < 1.29 is 4.74 Å². The Bertz CT molecular complexity index is 596. The van der Waals surface area contributed by atoms with Crippen molar-refractivity contribution in [3.63, 3.8) is 0 Å². The van der Waals surface area contributed by atoms with E-state index in [9.17, 15) is 0 Å². The van der Waals surface area contributed by atoms with Gasteiger partial charge < -0.3 is 10.1 Å². The van der Waals surface area contributed by atoms with Gasteiger partial charge in [-0.1, -0.05) is 48.0 Å². The Morgan fingerprint density at radius 2 is 1.95 bits per heavy atom. The first kappa shape index (κ1) is 14.6. The molecule has 1 heterocycles. The molecule has 0 aliphatic carbocycles. The van der Waals surface area contributed by atoms with E-state index < -0.39 is 0 Å². The molecule has 0 fully saturated rings. The summed E-state index contributed by atoms with van der Waals surface area (Å²) >= 11 is 5.97. The van der Waals surface area contributed by atoms with E-state index in [2.05, 4.69) is 41.7 Å². The second kappa shape index (κ2) is 6.61. The first-order valence-electron chi connectivity index (χ1n) is 7.40. The second-order valence-electron chi connectivity index (χ2n) is 5.44. The topological polar surface area (TPSA) is 21.3 Å². The molecule has 2 aromatic carbocycles. The number of rotatable bonds is 4. The molecule has 0 radical (unpaired) electrons. The van der Waals surface area contributed by atoms with Gasteiger partial charge in [0.25, 0.3) is 0 Å². The van der Waals surface area contributed by atoms with Crippen LogP contribution in [-0.2, 0) is 11.2 Å². The highest BCUT2D eigenvalue weighted by atomic mass is 35.5. The lowest BCUT2D eigenvalue weighted by atomic mass is 9.91. The molecule has 0 saturated carbocycles. The molecule has 1 aliphatic heterocycles. The SMILES string of the molecule is CNC(CC1OCCc2ccccc21)c1ccc(Cl)cc1. The largest absolute Gasteiger partial charge is 0.373 e. The van der Waals surface area contributed by atoms with Crippen LogP contribution in [0.3, 0.4) is 0 Å². The molecular weight excluding hydrogens is 282 g/mol. The van der Waals surface area contributed by atoms with Crippen LogP contribution in [0, 0.1) is 0 Å². The molecule has 1 N–H and O–H groups in total. The lowest BCUT2D eigenvalue weighted by Gasteiger charge is -2.29. The van der Waals surface area contributed by atoms with Gasteiger partial charge in [0.15, 0.2) is 0 Å². The van der Waals surface area contributed by atoms with E-state index in [0.29, 0.717) is 0 Å². The number of hydrogen-bond acceptors (Lipinski definition) is 2. The highest BCUT2D eigenvalue weighted by Crippen LogP contribution is 2.34. The molecule has 3 heteroatoms. The molecule has 0 bridgehead atoms. The Morgan fingerprint density at radius 1 is 1.19 bits per heavy atom. The molecule has 0 aromatic heterocycles. The summed E-state index contributed by atoms with van der Waals surface area (Å²) in [6.45, 7) is 0.804. The smallest absolute Gasteiger partial charge is 0.0845 e. The zero-order valence-electron chi connectivity index (χ0n) is 12.2. The Balaban J connectivity index is 1.80. The fourth-order valence-corrected chi connectivity index (χ4v) is 3.13. The molecule has 0 amide bonds. The number of nitrogens with one attached hydrogen (secondary N) is 1. The van der Waals surface area contributed by atoms with Crippen LogP contribution in [0.2, 0.25) is 5.02 Å². The molecule has 3 rings (SSSR count). The Labute approximate surface area is 131 Å². The molecule has 2 aromatic rings. The van der Waals surface area contributed by atoms with E-state index >= 15 is 0 Å². The van der Waals surface area contributed by atoms with Crippen LogP contribution in [-0.4, -0.2) is 13.7 Å². The van der Waals surface area contributed by atoms with Crippen LogP contribution < -0.4 is 5.32 Å². The number of halogens is 1. The Morgan fingerprint density at radius 3 is 2.71 bits per heavy atom. The fourth-order valence-electron chi connectivity index (χ4n) is 3.00. The molecule has 110 valence electrons. The zero-order valence-corrected chi connectivity index (χ0v) is 12.9. The summed E-state index contributed by atoms with van der Waals surface area (Å²) in [7, 11) is 1.99. The Hall–Kier alpha value is -1.35. The summed E-state index contributed by atoms with van der Waals surface area (Å²) < 4.78 is 6.02. The van der Waals surface area contributed by atoms with Crippen molar-refractivity contribution >= 4 is 11.6 Å². The van der Waals surface area contributed by atoms with Gasteiger partial charge in [0.05, 0.1) is 12.7 Å². The minimum Gasteiger partial charge on any atom is -0.373 e. The maximum atomic E-state index is 6.02. The van der Waals surface area contributed by atoms with Gasteiger partial charge in [0.1, 0.15) is 0 Å². The van der Waals surface area contributed by atoms with Crippen LogP contribution in [0.25, 0.3) is 0 Å². The molecule has 0 spiro atoms. The third-order valence-electron chi connectivity index (χ3n) is 4.16. The normalized spacial score (nSPS) is 19.0. The molecule has 2 unspecified atom stereocenters. The quantitative estimate of drug-likeness (QED) is 0.909. The van der Waals surface area contributed by atoms with Gasteiger partial charge in [0.2, 0.25) is 0 Å². The lowest BCUT2D eigenvalue weighted by Crippen LogP contribution is -2.23. The van der Waals surface area contributed by atoms with E-state index in [0.717, 1.165) is 24.5 Å². The highest BCUT2D eigenvalue weighted by Gasteiger charge is 2.24. The number of benzene rings is 2. The van der Waals surface area contributed by atoms with Crippen LogP contribution in [0.5, 0.6) is 0 Å². The summed E-state index contributed by atoms with van der Waals surface area (Å²) in [4.78, 5) is 0. The summed E-state index contributed by atoms with van der Waals surface area (Å²) in [5, 5.41) is 4.16. The van der Waals surface area contributed by atoms with Gasteiger partial charge in [-0.05, 0) is 48.7 Å². The van der Waals surface area contributed by atoms with Crippen LogP contribution >= 0.6 is 11.6 Å². The summed E-state index contributed by atoms with van der Waals surface area (Å²) in [5.41, 5.74) is 3.99. The van der Waals surface area contributed by atoms with Gasteiger partial charge in [-0.2, -0.15) is 0 Å². The van der Waals surface area contributed by atoms with Crippen molar-refractivity contribution in [2.75, 3.05) is 13.7 Å².